The molecular weight excluding hydrogens is 252 g/mol. The van der Waals surface area contributed by atoms with E-state index < -0.39 is 16.4 Å². The molecule has 0 atom stereocenters. The van der Waals surface area contributed by atoms with Crippen LogP contribution in [-0.2, 0) is 4.74 Å². The van der Waals surface area contributed by atoms with E-state index >= 15 is 0 Å². The van der Waals surface area contributed by atoms with Gasteiger partial charge in [-0.05, 0) is 19.9 Å². The molecule has 0 spiro atoms. The van der Waals surface area contributed by atoms with Gasteiger partial charge in [0.25, 0.3) is 11.6 Å². The molecule has 8 nitrogen and oxygen atoms in total. The molecule has 1 rings (SSSR count). The van der Waals surface area contributed by atoms with E-state index in [2.05, 4.69) is 10.3 Å². The number of carbonyl (C=O) groups is 1. The largest absolute Gasteiger partial charge is 0.384 e. The summed E-state index contributed by atoms with van der Waals surface area (Å²) in [5.74, 6) is -0.553. The first-order chi connectivity index (χ1) is 8.76. The van der Waals surface area contributed by atoms with Crippen molar-refractivity contribution in [2.45, 2.75) is 19.4 Å². The van der Waals surface area contributed by atoms with Gasteiger partial charge in [-0.15, -0.1) is 0 Å². The zero-order chi connectivity index (χ0) is 14.6. The number of aromatic nitrogens is 1. The molecule has 1 heterocycles. The Labute approximate surface area is 110 Å². The van der Waals surface area contributed by atoms with E-state index in [0.717, 1.165) is 6.20 Å². The number of nitrogen functional groups attached to an aromatic ring is 1. The van der Waals surface area contributed by atoms with Crippen molar-refractivity contribution in [3.05, 3.63) is 27.9 Å². The molecule has 19 heavy (non-hydrogen) atoms. The van der Waals surface area contributed by atoms with Gasteiger partial charge in [0.2, 0.25) is 0 Å². The second-order valence-corrected chi connectivity index (χ2v) is 4.65. The second kappa shape index (κ2) is 5.61. The van der Waals surface area contributed by atoms with E-state index in [9.17, 15) is 14.9 Å². The number of ether oxygens (including phenoxy) is 1. The molecule has 1 aromatic heterocycles. The van der Waals surface area contributed by atoms with Crippen LogP contribution in [-0.4, -0.2) is 35.1 Å². The molecule has 1 aromatic rings. The van der Waals surface area contributed by atoms with Crippen LogP contribution in [0.5, 0.6) is 0 Å². The first-order valence-electron chi connectivity index (χ1n) is 5.48. The summed E-state index contributed by atoms with van der Waals surface area (Å²) >= 11 is 0. The van der Waals surface area contributed by atoms with Crippen LogP contribution >= 0.6 is 0 Å². The summed E-state index contributed by atoms with van der Waals surface area (Å²) in [5.41, 5.74) is 4.28. The summed E-state index contributed by atoms with van der Waals surface area (Å²) in [5, 5.41) is 13.5. The smallest absolute Gasteiger partial charge is 0.300 e. The van der Waals surface area contributed by atoms with Crippen LogP contribution in [0, 0.1) is 10.1 Å². The van der Waals surface area contributed by atoms with E-state index in [4.69, 9.17) is 10.5 Å². The Bertz CT molecular complexity index is 501. The molecule has 8 heteroatoms. The zero-order valence-corrected chi connectivity index (χ0v) is 11.0. The minimum absolute atomic E-state index is 0.0419. The lowest BCUT2D eigenvalue weighted by Gasteiger charge is -2.25. The fourth-order valence-electron chi connectivity index (χ4n) is 1.56. The molecule has 0 aliphatic heterocycles. The van der Waals surface area contributed by atoms with Gasteiger partial charge in [-0.1, -0.05) is 0 Å². The fraction of sp³-hybridized carbons (Fsp3) is 0.455. The number of methoxy groups -OCH3 is 1. The van der Waals surface area contributed by atoms with Crippen molar-refractivity contribution in [1.29, 1.82) is 0 Å². The minimum atomic E-state index is -0.676. The first kappa shape index (κ1) is 14.8. The molecular formula is C11H16N4O4. The maximum Gasteiger partial charge on any atom is 0.300 e. The van der Waals surface area contributed by atoms with Crippen LogP contribution in [0.1, 0.15) is 24.2 Å². The van der Waals surface area contributed by atoms with Crippen LogP contribution in [0.4, 0.5) is 11.5 Å². The average Bonchev–Trinajstić information content (AvgIpc) is 2.27. The van der Waals surface area contributed by atoms with Gasteiger partial charge in [-0.2, -0.15) is 0 Å². The molecule has 0 bridgehead atoms. The van der Waals surface area contributed by atoms with Gasteiger partial charge >= 0.3 is 0 Å². The number of amides is 1. The van der Waals surface area contributed by atoms with Crippen molar-refractivity contribution in [3.63, 3.8) is 0 Å². The Kier molecular flexibility index (Phi) is 4.38. The van der Waals surface area contributed by atoms with Crippen LogP contribution in [0.15, 0.2) is 12.3 Å². The lowest BCUT2D eigenvalue weighted by molar-refractivity contribution is -0.385. The number of nitro groups is 1. The third-order valence-electron chi connectivity index (χ3n) is 2.30. The lowest BCUT2D eigenvalue weighted by atomic mass is 10.1. The molecule has 0 unspecified atom stereocenters. The lowest BCUT2D eigenvalue weighted by Crippen LogP contribution is -2.46. The summed E-state index contributed by atoms with van der Waals surface area (Å²) < 4.78 is 4.96. The standard InChI is InChI=1S/C11H16N4O4/c1-11(2,6-19-3)14-10(16)7-4-9(12)13-5-8(7)15(17)18/h4-5H,6H2,1-3H3,(H2,12,13)(H,14,16). The normalized spacial score (nSPS) is 11.1. The molecule has 0 aliphatic carbocycles. The van der Waals surface area contributed by atoms with E-state index in [-0.39, 0.29) is 23.7 Å². The van der Waals surface area contributed by atoms with Crippen LogP contribution < -0.4 is 11.1 Å². The van der Waals surface area contributed by atoms with Gasteiger partial charge in [0.1, 0.15) is 17.6 Å². The van der Waals surface area contributed by atoms with Gasteiger partial charge in [-0.25, -0.2) is 4.98 Å². The Morgan fingerprint density at radius 1 is 1.63 bits per heavy atom. The number of pyridine rings is 1. The van der Waals surface area contributed by atoms with Gasteiger partial charge in [0.15, 0.2) is 0 Å². The number of rotatable bonds is 5. The van der Waals surface area contributed by atoms with E-state index in [1.54, 1.807) is 13.8 Å². The maximum atomic E-state index is 12.1. The quantitative estimate of drug-likeness (QED) is 0.599. The van der Waals surface area contributed by atoms with Crippen LogP contribution in [0.2, 0.25) is 0 Å². The summed E-state index contributed by atoms with van der Waals surface area (Å²) in [6, 6.07) is 1.18. The van der Waals surface area contributed by atoms with Crippen molar-refractivity contribution in [1.82, 2.24) is 10.3 Å². The van der Waals surface area contributed by atoms with E-state index in [0.29, 0.717) is 0 Å². The van der Waals surface area contributed by atoms with Crippen LogP contribution in [0.25, 0.3) is 0 Å². The summed E-state index contributed by atoms with van der Waals surface area (Å²) in [4.78, 5) is 25.8. The highest BCUT2D eigenvalue weighted by Gasteiger charge is 2.26. The van der Waals surface area contributed by atoms with E-state index in [1.165, 1.54) is 13.2 Å². The van der Waals surface area contributed by atoms with Crippen molar-refractivity contribution < 1.29 is 14.5 Å². The van der Waals surface area contributed by atoms with Crippen molar-refractivity contribution in [2.75, 3.05) is 19.5 Å². The number of nitrogens with two attached hydrogens (primary N) is 1. The predicted octanol–water partition coefficient (Wildman–Crippen LogP) is 0.727. The molecule has 3 N–H and O–H groups in total. The Balaban J connectivity index is 3.05. The van der Waals surface area contributed by atoms with Crippen molar-refractivity contribution in [3.8, 4) is 0 Å². The predicted molar refractivity (Wildman–Crippen MR) is 68.7 cm³/mol. The molecule has 0 aliphatic rings. The minimum Gasteiger partial charge on any atom is -0.384 e. The molecule has 104 valence electrons. The number of nitrogens with one attached hydrogen (secondary N) is 1. The molecule has 0 saturated heterocycles. The van der Waals surface area contributed by atoms with E-state index in [1.807, 2.05) is 0 Å². The summed E-state index contributed by atoms with van der Waals surface area (Å²) in [6.07, 6.45) is 0.966. The zero-order valence-electron chi connectivity index (χ0n) is 11.0. The number of carbonyl (C=O) groups excluding carboxylic acids is 1. The van der Waals surface area contributed by atoms with Gasteiger partial charge in [0, 0.05) is 7.11 Å². The monoisotopic (exact) mass is 268 g/mol. The Morgan fingerprint density at radius 2 is 2.26 bits per heavy atom. The fourth-order valence-corrected chi connectivity index (χ4v) is 1.56. The number of hydrogen-bond donors (Lipinski definition) is 2. The van der Waals surface area contributed by atoms with Crippen LogP contribution in [0.3, 0.4) is 0 Å². The topological polar surface area (TPSA) is 120 Å². The third kappa shape index (κ3) is 3.88. The molecule has 1 amide bonds. The van der Waals surface area contributed by atoms with Gasteiger partial charge in [0.05, 0.1) is 17.1 Å². The van der Waals surface area contributed by atoms with Crippen molar-refractivity contribution in [2.24, 2.45) is 0 Å². The SMILES string of the molecule is COCC(C)(C)NC(=O)c1cc(N)ncc1[N+](=O)[O-]. The number of nitrogens with zero attached hydrogens (tertiary/aromatic N) is 2. The molecule has 0 fully saturated rings. The number of hydrogen-bond acceptors (Lipinski definition) is 6. The van der Waals surface area contributed by atoms with Gasteiger partial charge in [-0.3, -0.25) is 14.9 Å². The Hall–Kier alpha value is -2.22. The Morgan fingerprint density at radius 3 is 2.79 bits per heavy atom. The highest BCUT2D eigenvalue weighted by Crippen LogP contribution is 2.19. The average molecular weight is 268 g/mol. The maximum absolute atomic E-state index is 12.1. The molecule has 0 saturated carbocycles. The first-order valence-corrected chi connectivity index (χ1v) is 5.48. The highest BCUT2D eigenvalue weighted by molar-refractivity contribution is 5.99. The number of anilines is 1. The highest BCUT2D eigenvalue weighted by atomic mass is 16.6. The van der Waals surface area contributed by atoms with Gasteiger partial charge < -0.3 is 15.8 Å². The molecule has 0 radical (unpaired) electrons. The van der Waals surface area contributed by atoms with Crippen molar-refractivity contribution >= 4 is 17.4 Å². The third-order valence-corrected chi connectivity index (χ3v) is 2.30. The second-order valence-electron chi connectivity index (χ2n) is 4.65. The summed E-state index contributed by atoms with van der Waals surface area (Å²) in [6.45, 7) is 3.75. The summed E-state index contributed by atoms with van der Waals surface area (Å²) in [7, 11) is 1.50. The molecule has 0 aromatic carbocycles.